The lowest BCUT2D eigenvalue weighted by Crippen LogP contribution is -2.22. The van der Waals surface area contributed by atoms with E-state index in [2.05, 4.69) is 10.2 Å². The van der Waals surface area contributed by atoms with Gasteiger partial charge >= 0.3 is 0 Å². The lowest BCUT2D eigenvalue weighted by Gasteiger charge is -2.14. The summed E-state index contributed by atoms with van der Waals surface area (Å²) in [6.07, 6.45) is 1.73. The Morgan fingerprint density at radius 2 is 2.14 bits per heavy atom. The number of nitrogens with zero attached hydrogens (tertiary/aromatic N) is 3. The standard InChI is InChI=1S/C20H23N3O3S2/c24-16(12-25-13-17-8-4-10-26-17)14-28-20-22-21-19(18-9-5-11-27-18)23(20)15-6-2-1-3-7-15/h1-3,5-7,9,11,16-17,24H,4,8,10,12-14H2/t16-,17-/m1/s1. The van der Waals surface area contributed by atoms with E-state index in [0.29, 0.717) is 19.0 Å². The molecular formula is C20H23N3O3S2. The third-order valence-corrected chi connectivity index (χ3v) is 6.37. The molecule has 8 heteroatoms. The van der Waals surface area contributed by atoms with Crippen molar-refractivity contribution in [2.45, 2.75) is 30.2 Å². The summed E-state index contributed by atoms with van der Waals surface area (Å²) in [5.74, 6) is 1.30. The van der Waals surface area contributed by atoms with E-state index in [1.165, 1.54) is 11.8 Å². The van der Waals surface area contributed by atoms with Gasteiger partial charge in [-0.3, -0.25) is 4.57 Å². The zero-order valence-corrected chi connectivity index (χ0v) is 17.1. The van der Waals surface area contributed by atoms with Crippen molar-refractivity contribution in [2.75, 3.05) is 25.6 Å². The monoisotopic (exact) mass is 417 g/mol. The Morgan fingerprint density at radius 1 is 1.25 bits per heavy atom. The molecule has 1 saturated heterocycles. The molecule has 0 saturated carbocycles. The fraction of sp³-hybridized carbons (Fsp3) is 0.400. The smallest absolute Gasteiger partial charge is 0.196 e. The fourth-order valence-electron chi connectivity index (χ4n) is 3.07. The Balaban J connectivity index is 1.41. The van der Waals surface area contributed by atoms with Crippen molar-refractivity contribution in [3.05, 3.63) is 47.8 Å². The molecule has 28 heavy (non-hydrogen) atoms. The number of rotatable bonds is 9. The molecule has 148 valence electrons. The Kier molecular flexibility index (Phi) is 6.77. The predicted octanol–water partition coefficient (Wildman–Crippen LogP) is 3.64. The summed E-state index contributed by atoms with van der Waals surface area (Å²) in [6, 6.07) is 14.1. The van der Waals surface area contributed by atoms with E-state index in [1.54, 1.807) is 11.3 Å². The second-order valence-electron chi connectivity index (χ2n) is 6.59. The molecule has 1 N–H and O–H groups in total. The van der Waals surface area contributed by atoms with E-state index in [9.17, 15) is 5.11 Å². The van der Waals surface area contributed by atoms with Crippen LogP contribution < -0.4 is 0 Å². The maximum atomic E-state index is 10.3. The number of thiophene rings is 1. The molecule has 0 radical (unpaired) electrons. The molecule has 3 heterocycles. The van der Waals surface area contributed by atoms with Crippen LogP contribution in [0.4, 0.5) is 0 Å². The summed E-state index contributed by atoms with van der Waals surface area (Å²) in [4.78, 5) is 1.06. The lowest BCUT2D eigenvalue weighted by molar-refractivity contribution is -0.0114. The Hall–Kier alpha value is -1.71. The van der Waals surface area contributed by atoms with E-state index in [4.69, 9.17) is 9.47 Å². The zero-order valence-electron chi connectivity index (χ0n) is 15.4. The van der Waals surface area contributed by atoms with Gasteiger partial charge in [-0.25, -0.2) is 0 Å². The van der Waals surface area contributed by atoms with E-state index in [0.717, 1.165) is 41.0 Å². The van der Waals surface area contributed by atoms with Crippen LogP contribution in [0.1, 0.15) is 12.8 Å². The van der Waals surface area contributed by atoms with Crippen LogP contribution >= 0.6 is 23.1 Å². The summed E-state index contributed by atoms with van der Waals surface area (Å²) in [5, 5.41) is 21.9. The second-order valence-corrected chi connectivity index (χ2v) is 8.53. The van der Waals surface area contributed by atoms with Crippen molar-refractivity contribution in [2.24, 2.45) is 0 Å². The van der Waals surface area contributed by atoms with Crippen molar-refractivity contribution < 1.29 is 14.6 Å². The van der Waals surface area contributed by atoms with Crippen LogP contribution in [-0.4, -0.2) is 57.7 Å². The maximum absolute atomic E-state index is 10.3. The first kappa shape index (κ1) is 19.6. The Bertz CT molecular complexity index is 849. The van der Waals surface area contributed by atoms with Gasteiger partial charge in [0.05, 0.1) is 30.3 Å². The molecule has 0 bridgehead atoms. The van der Waals surface area contributed by atoms with E-state index < -0.39 is 6.10 Å². The van der Waals surface area contributed by atoms with Crippen LogP contribution in [0.3, 0.4) is 0 Å². The average Bonchev–Trinajstić information content (AvgIpc) is 3.48. The molecule has 2 atom stereocenters. The van der Waals surface area contributed by atoms with Gasteiger partial charge < -0.3 is 14.6 Å². The molecule has 4 rings (SSSR count). The van der Waals surface area contributed by atoms with Crippen molar-refractivity contribution >= 4 is 23.1 Å². The number of ether oxygens (including phenoxy) is 2. The molecule has 0 aliphatic carbocycles. The highest BCUT2D eigenvalue weighted by molar-refractivity contribution is 7.99. The minimum Gasteiger partial charge on any atom is -0.390 e. The number of hydrogen-bond acceptors (Lipinski definition) is 7. The number of thioether (sulfide) groups is 1. The van der Waals surface area contributed by atoms with E-state index >= 15 is 0 Å². The van der Waals surface area contributed by atoms with Crippen LogP contribution in [0.2, 0.25) is 0 Å². The number of para-hydroxylation sites is 1. The minimum absolute atomic E-state index is 0.175. The average molecular weight is 418 g/mol. The fourth-order valence-corrected chi connectivity index (χ4v) is 4.62. The van der Waals surface area contributed by atoms with Crippen LogP contribution in [0.5, 0.6) is 0 Å². The van der Waals surface area contributed by atoms with Crippen LogP contribution in [0, 0.1) is 0 Å². The highest BCUT2D eigenvalue weighted by Crippen LogP contribution is 2.30. The lowest BCUT2D eigenvalue weighted by atomic mass is 10.2. The summed E-state index contributed by atoms with van der Waals surface area (Å²) < 4.78 is 13.2. The van der Waals surface area contributed by atoms with Crippen molar-refractivity contribution in [3.8, 4) is 16.4 Å². The quantitative estimate of drug-likeness (QED) is 0.536. The maximum Gasteiger partial charge on any atom is 0.196 e. The molecule has 3 aromatic rings. The van der Waals surface area contributed by atoms with E-state index in [1.807, 2.05) is 52.4 Å². The SMILES string of the molecule is O[C@H](COC[C@H]1CCCO1)CSc1nnc(-c2cccs2)n1-c1ccccc1. The molecule has 6 nitrogen and oxygen atoms in total. The normalized spacial score (nSPS) is 17.8. The van der Waals surface area contributed by atoms with Gasteiger partial charge in [-0.15, -0.1) is 21.5 Å². The molecule has 1 fully saturated rings. The predicted molar refractivity (Wildman–Crippen MR) is 111 cm³/mol. The van der Waals surface area contributed by atoms with Crippen LogP contribution in [-0.2, 0) is 9.47 Å². The van der Waals surface area contributed by atoms with Gasteiger partial charge in [0, 0.05) is 18.0 Å². The molecule has 1 aliphatic heterocycles. The molecule has 1 aromatic carbocycles. The molecule has 0 spiro atoms. The van der Waals surface area contributed by atoms with Crippen LogP contribution in [0.25, 0.3) is 16.4 Å². The summed E-state index contributed by atoms with van der Waals surface area (Å²) in [5.41, 5.74) is 1.00. The second kappa shape index (κ2) is 9.67. The van der Waals surface area contributed by atoms with Gasteiger partial charge in [0.2, 0.25) is 0 Å². The van der Waals surface area contributed by atoms with Gasteiger partial charge in [0.1, 0.15) is 0 Å². The van der Waals surface area contributed by atoms with Crippen molar-refractivity contribution in [1.29, 1.82) is 0 Å². The molecule has 0 unspecified atom stereocenters. The Labute approximate surface area is 172 Å². The zero-order chi connectivity index (χ0) is 19.2. The number of benzene rings is 1. The molecule has 2 aromatic heterocycles. The van der Waals surface area contributed by atoms with Crippen LogP contribution in [0.15, 0.2) is 53.0 Å². The number of aromatic nitrogens is 3. The summed E-state index contributed by atoms with van der Waals surface area (Å²) >= 11 is 3.12. The van der Waals surface area contributed by atoms with Gasteiger partial charge in [-0.2, -0.15) is 0 Å². The first-order chi connectivity index (χ1) is 13.8. The largest absolute Gasteiger partial charge is 0.390 e. The van der Waals surface area contributed by atoms with E-state index in [-0.39, 0.29) is 6.10 Å². The highest BCUT2D eigenvalue weighted by Gasteiger charge is 2.19. The van der Waals surface area contributed by atoms with Gasteiger partial charge in [-0.1, -0.05) is 36.0 Å². The number of aliphatic hydroxyl groups excluding tert-OH is 1. The summed E-state index contributed by atoms with van der Waals surface area (Å²) in [7, 11) is 0. The first-order valence-corrected chi connectivity index (χ1v) is 11.2. The first-order valence-electron chi connectivity index (χ1n) is 9.36. The number of aliphatic hydroxyl groups is 1. The molecule has 1 aliphatic rings. The third-order valence-electron chi connectivity index (χ3n) is 4.43. The number of hydrogen-bond donors (Lipinski definition) is 1. The molecule has 0 amide bonds. The van der Waals surface area contributed by atoms with Crippen molar-refractivity contribution in [3.63, 3.8) is 0 Å². The highest BCUT2D eigenvalue weighted by atomic mass is 32.2. The van der Waals surface area contributed by atoms with Gasteiger partial charge in [0.15, 0.2) is 11.0 Å². The van der Waals surface area contributed by atoms with Gasteiger partial charge in [-0.05, 0) is 36.4 Å². The Morgan fingerprint density at radius 3 is 2.89 bits per heavy atom. The van der Waals surface area contributed by atoms with Gasteiger partial charge in [0.25, 0.3) is 0 Å². The summed E-state index contributed by atoms with van der Waals surface area (Å²) in [6.45, 7) is 1.66. The third kappa shape index (κ3) is 4.82. The van der Waals surface area contributed by atoms with Crippen molar-refractivity contribution in [1.82, 2.24) is 14.8 Å². The minimum atomic E-state index is -0.572. The molecular weight excluding hydrogens is 394 g/mol. The topological polar surface area (TPSA) is 69.4 Å².